The SMILES string of the molecule is O=C1CCC(c2cc(I)ccc2Cl)N1. The van der Waals surface area contributed by atoms with Crippen molar-refractivity contribution in [3.05, 3.63) is 32.4 Å². The van der Waals surface area contributed by atoms with E-state index in [2.05, 4.69) is 27.9 Å². The lowest BCUT2D eigenvalue weighted by Gasteiger charge is -2.12. The minimum Gasteiger partial charge on any atom is -0.349 e. The molecule has 0 spiro atoms. The van der Waals surface area contributed by atoms with Gasteiger partial charge in [-0.1, -0.05) is 11.6 Å². The summed E-state index contributed by atoms with van der Waals surface area (Å²) in [5.41, 5.74) is 1.03. The van der Waals surface area contributed by atoms with Crippen LogP contribution in [0, 0.1) is 3.57 Å². The normalized spacial score (nSPS) is 21.0. The molecule has 14 heavy (non-hydrogen) atoms. The van der Waals surface area contributed by atoms with Gasteiger partial charge in [-0.05, 0) is 52.8 Å². The molecule has 0 saturated carbocycles. The van der Waals surface area contributed by atoms with Crippen molar-refractivity contribution in [3.8, 4) is 0 Å². The molecule has 1 N–H and O–H groups in total. The largest absolute Gasteiger partial charge is 0.349 e. The molecule has 1 atom stereocenters. The van der Waals surface area contributed by atoms with Crippen molar-refractivity contribution >= 4 is 40.1 Å². The third-order valence-electron chi connectivity index (χ3n) is 2.33. The van der Waals surface area contributed by atoms with E-state index in [9.17, 15) is 4.79 Å². The number of rotatable bonds is 1. The quantitative estimate of drug-likeness (QED) is 0.792. The first-order chi connectivity index (χ1) is 6.66. The number of amides is 1. The number of carbonyl (C=O) groups is 1. The number of hydrogen-bond donors (Lipinski definition) is 1. The van der Waals surface area contributed by atoms with Crippen molar-refractivity contribution in [1.82, 2.24) is 5.32 Å². The van der Waals surface area contributed by atoms with Crippen molar-refractivity contribution in [1.29, 1.82) is 0 Å². The number of hydrogen-bond acceptors (Lipinski definition) is 1. The van der Waals surface area contributed by atoms with Crippen molar-refractivity contribution in [3.63, 3.8) is 0 Å². The zero-order valence-corrected chi connectivity index (χ0v) is 10.3. The van der Waals surface area contributed by atoms with Gasteiger partial charge in [-0.15, -0.1) is 0 Å². The predicted octanol–water partition coefficient (Wildman–Crippen LogP) is 2.90. The van der Waals surface area contributed by atoms with Crippen LogP contribution in [0.4, 0.5) is 0 Å². The van der Waals surface area contributed by atoms with E-state index in [0.717, 1.165) is 20.6 Å². The molecule has 2 rings (SSSR count). The highest BCUT2D eigenvalue weighted by Gasteiger charge is 2.23. The van der Waals surface area contributed by atoms with Gasteiger partial charge >= 0.3 is 0 Å². The minimum absolute atomic E-state index is 0.102. The Bertz CT molecular complexity index is 380. The van der Waals surface area contributed by atoms with Gasteiger partial charge in [-0.25, -0.2) is 0 Å². The van der Waals surface area contributed by atoms with Crippen LogP contribution in [0.2, 0.25) is 5.02 Å². The summed E-state index contributed by atoms with van der Waals surface area (Å²) >= 11 is 8.31. The fourth-order valence-electron chi connectivity index (χ4n) is 1.63. The van der Waals surface area contributed by atoms with E-state index in [0.29, 0.717) is 6.42 Å². The number of benzene rings is 1. The average molecular weight is 322 g/mol. The Morgan fingerprint density at radius 3 is 2.93 bits per heavy atom. The Morgan fingerprint density at radius 1 is 1.50 bits per heavy atom. The topological polar surface area (TPSA) is 29.1 Å². The Labute approximate surface area is 101 Å². The van der Waals surface area contributed by atoms with Crippen molar-refractivity contribution in [2.45, 2.75) is 18.9 Å². The van der Waals surface area contributed by atoms with Gasteiger partial charge < -0.3 is 5.32 Å². The highest BCUT2D eigenvalue weighted by Crippen LogP contribution is 2.30. The van der Waals surface area contributed by atoms with Gasteiger partial charge in [0.1, 0.15) is 0 Å². The molecule has 0 radical (unpaired) electrons. The van der Waals surface area contributed by atoms with Crippen LogP contribution in [0.15, 0.2) is 18.2 Å². The van der Waals surface area contributed by atoms with Crippen LogP contribution in [-0.2, 0) is 4.79 Å². The third-order valence-corrected chi connectivity index (χ3v) is 3.34. The molecule has 1 saturated heterocycles. The van der Waals surface area contributed by atoms with Crippen LogP contribution in [0.25, 0.3) is 0 Å². The maximum atomic E-state index is 11.1. The molecule has 1 aromatic rings. The zero-order valence-electron chi connectivity index (χ0n) is 7.39. The fourth-order valence-corrected chi connectivity index (χ4v) is 2.39. The van der Waals surface area contributed by atoms with E-state index in [1.807, 2.05) is 18.2 Å². The van der Waals surface area contributed by atoms with Crippen LogP contribution in [0.1, 0.15) is 24.4 Å². The van der Waals surface area contributed by atoms with Gasteiger partial charge in [0.15, 0.2) is 0 Å². The molecule has 1 unspecified atom stereocenters. The van der Waals surface area contributed by atoms with E-state index in [1.165, 1.54) is 0 Å². The zero-order chi connectivity index (χ0) is 10.1. The van der Waals surface area contributed by atoms with E-state index in [4.69, 9.17) is 11.6 Å². The molecule has 1 heterocycles. The summed E-state index contributed by atoms with van der Waals surface area (Å²) in [5.74, 6) is 0.116. The molecule has 4 heteroatoms. The third kappa shape index (κ3) is 2.03. The molecule has 0 bridgehead atoms. The monoisotopic (exact) mass is 321 g/mol. The van der Waals surface area contributed by atoms with Gasteiger partial charge in [0, 0.05) is 15.0 Å². The summed E-state index contributed by atoms with van der Waals surface area (Å²) in [6, 6.07) is 5.97. The van der Waals surface area contributed by atoms with E-state index >= 15 is 0 Å². The van der Waals surface area contributed by atoms with Crippen molar-refractivity contribution in [2.75, 3.05) is 0 Å². The molecule has 1 aliphatic rings. The van der Waals surface area contributed by atoms with Gasteiger partial charge in [0.25, 0.3) is 0 Å². The molecule has 1 fully saturated rings. The summed E-state index contributed by atoms with van der Waals surface area (Å²) in [6.45, 7) is 0. The predicted molar refractivity (Wildman–Crippen MR) is 64.3 cm³/mol. The lowest BCUT2D eigenvalue weighted by Crippen LogP contribution is -2.18. The Balaban J connectivity index is 2.31. The number of nitrogens with one attached hydrogen (secondary N) is 1. The lowest BCUT2D eigenvalue weighted by atomic mass is 10.1. The number of halogens is 2. The van der Waals surface area contributed by atoms with Crippen LogP contribution >= 0.6 is 34.2 Å². The number of carbonyl (C=O) groups excluding carboxylic acids is 1. The summed E-state index contributed by atoms with van der Waals surface area (Å²) in [5, 5.41) is 3.65. The maximum absolute atomic E-state index is 11.1. The Kier molecular flexibility index (Phi) is 2.97. The van der Waals surface area contributed by atoms with E-state index in [-0.39, 0.29) is 11.9 Å². The summed E-state index contributed by atoms with van der Waals surface area (Å²) in [6.07, 6.45) is 1.45. The average Bonchev–Trinajstić information content (AvgIpc) is 2.56. The van der Waals surface area contributed by atoms with Gasteiger partial charge in [-0.2, -0.15) is 0 Å². The molecule has 74 valence electrons. The Morgan fingerprint density at radius 2 is 2.29 bits per heavy atom. The molecule has 1 aliphatic heterocycles. The molecule has 0 aliphatic carbocycles. The first-order valence-electron chi connectivity index (χ1n) is 4.41. The summed E-state index contributed by atoms with van der Waals surface area (Å²) in [7, 11) is 0. The highest BCUT2D eigenvalue weighted by atomic mass is 127. The van der Waals surface area contributed by atoms with Gasteiger partial charge in [0.2, 0.25) is 5.91 Å². The standard InChI is InChI=1S/C10H9ClINO/c11-8-2-1-6(12)5-7(8)9-3-4-10(14)13-9/h1-2,5,9H,3-4H2,(H,13,14). The molecular formula is C10H9ClINO. The van der Waals surface area contributed by atoms with Crippen LogP contribution in [-0.4, -0.2) is 5.91 Å². The molecule has 1 aromatic carbocycles. The molecule has 0 aromatic heterocycles. The summed E-state index contributed by atoms with van der Waals surface area (Å²) < 4.78 is 1.14. The fraction of sp³-hybridized carbons (Fsp3) is 0.300. The van der Waals surface area contributed by atoms with Crippen LogP contribution < -0.4 is 5.32 Å². The van der Waals surface area contributed by atoms with Crippen molar-refractivity contribution in [2.24, 2.45) is 0 Å². The second-order valence-electron chi connectivity index (χ2n) is 3.32. The summed E-state index contributed by atoms with van der Waals surface area (Å²) in [4.78, 5) is 11.1. The smallest absolute Gasteiger partial charge is 0.220 e. The minimum atomic E-state index is 0.102. The highest BCUT2D eigenvalue weighted by molar-refractivity contribution is 14.1. The molecule has 2 nitrogen and oxygen atoms in total. The second kappa shape index (κ2) is 4.06. The maximum Gasteiger partial charge on any atom is 0.220 e. The van der Waals surface area contributed by atoms with E-state index < -0.39 is 0 Å². The lowest BCUT2D eigenvalue weighted by molar-refractivity contribution is -0.119. The van der Waals surface area contributed by atoms with Gasteiger partial charge in [0.05, 0.1) is 6.04 Å². The van der Waals surface area contributed by atoms with Crippen molar-refractivity contribution < 1.29 is 4.79 Å². The van der Waals surface area contributed by atoms with Crippen LogP contribution in [0.3, 0.4) is 0 Å². The van der Waals surface area contributed by atoms with E-state index in [1.54, 1.807) is 0 Å². The Hall–Kier alpha value is -0.290. The second-order valence-corrected chi connectivity index (χ2v) is 4.98. The first kappa shape index (κ1) is 10.2. The molecular weight excluding hydrogens is 312 g/mol. The van der Waals surface area contributed by atoms with Gasteiger partial charge in [-0.3, -0.25) is 4.79 Å². The first-order valence-corrected chi connectivity index (χ1v) is 5.87. The van der Waals surface area contributed by atoms with Crippen LogP contribution in [0.5, 0.6) is 0 Å². The molecule has 1 amide bonds.